The number of piperidine rings is 2. The number of hydrogen-bond acceptors (Lipinski definition) is 11. The van der Waals surface area contributed by atoms with E-state index >= 15 is 4.39 Å². The molecule has 3 amide bonds. The Bertz CT molecular complexity index is 2320. The van der Waals surface area contributed by atoms with E-state index in [0.29, 0.717) is 47.9 Å². The zero-order chi connectivity index (χ0) is 42.0. The number of hydrogen-bond donors (Lipinski definition) is 2. The number of piperazine rings is 1. The van der Waals surface area contributed by atoms with E-state index < -0.39 is 17.8 Å². The first kappa shape index (κ1) is 40.0. The van der Waals surface area contributed by atoms with Crippen LogP contribution in [0.2, 0.25) is 0 Å². The molecule has 61 heavy (non-hydrogen) atoms. The van der Waals surface area contributed by atoms with Gasteiger partial charge in [-0.2, -0.15) is 5.10 Å². The van der Waals surface area contributed by atoms with Gasteiger partial charge < -0.3 is 24.2 Å². The number of H-pyrrole nitrogens is 1. The Morgan fingerprint density at radius 1 is 0.885 bits per heavy atom. The maximum Gasteiger partial charge on any atom is 0.255 e. The van der Waals surface area contributed by atoms with Gasteiger partial charge in [-0.25, -0.2) is 14.4 Å². The molecule has 4 aromatic rings. The number of fused-ring (bicyclic) bond motifs is 2. The molecule has 2 saturated carbocycles. The molecule has 0 radical (unpaired) electrons. The van der Waals surface area contributed by atoms with E-state index in [9.17, 15) is 14.4 Å². The number of amides is 3. The van der Waals surface area contributed by atoms with E-state index in [4.69, 9.17) is 14.5 Å². The number of carbonyl (C=O) groups excluding carboxylic acids is 3. The lowest BCUT2D eigenvalue weighted by atomic mass is 9.86. The standard InChI is InChI=1S/C46H56FN9O5/c1-27-22-54(40-21-37(48-26-49-40)43-34-20-32(61-46(3)16-17-46)8-10-36(34)51-52-43)23-28(2)55(27)24-29-4-6-30(7-5-29)60-31-14-18-53(19-15-31)38-11-9-33-35(42(38)47)25-56(45(33)59)39-12-13-41(57)50-44(39)58/h8-11,20-21,26-31,39H,4-7,12-19,22-25H2,1-3H3,(H,51,52)(H,50,57,58)/t27-,28+,29-,30-,39?. The van der Waals surface area contributed by atoms with Crippen molar-refractivity contribution >= 4 is 40.1 Å². The SMILES string of the molecule is C[C@@H]1CN(c2cc(-c3n[nH]c4ccc(OC5(C)CC5)cc34)ncn2)C[C@H](C)N1C[C@H]1CC[C@H](OC2CCN(c3ccc4c(c3F)CN(C3CCC(=O)NC3=O)C4=O)CC2)CC1. The summed E-state index contributed by atoms with van der Waals surface area (Å²) in [6, 6.07) is 11.5. The number of nitrogens with zero attached hydrogens (tertiary/aromatic N) is 7. The van der Waals surface area contributed by atoms with Crippen molar-refractivity contribution in [3.05, 3.63) is 59.7 Å². The van der Waals surface area contributed by atoms with Crippen LogP contribution in [0.15, 0.2) is 42.7 Å². The van der Waals surface area contributed by atoms with Crippen LogP contribution in [0, 0.1) is 11.7 Å². The van der Waals surface area contributed by atoms with E-state index in [1.807, 2.05) is 12.1 Å². The van der Waals surface area contributed by atoms with Gasteiger partial charge in [0.2, 0.25) is 11.8 Å². The minimum atomic E-state index is -0.765. The number of nitrogens with one attached hydrogen (secondary N) is 2. The highest BCUT2D eigenvalue weighted by molar-refractivity contribution is 6.05. The van der Waals surface area contributed by atoms with Gasteiger partial charge in [-0.15, -0.1) is 0 Å². The molecule has 0 bridgehead atoms. The molecule has 2 N–H and O–H groups in total. The van der Waals surface area contributed by atoms with Crippen LogP contribution in [0.1, 0.15) is 101 Å². The fourth-order valence-electron chi connectivity index (χ4n) is 10.5. The molecular formula is C46H56FN9O5. The van der Waals surface area contributed by atoms with E-state index in [1.54, 1.807) is 18.5 Å². The fourth-order valence-corrected chi connectivity index (χ4v) is 10.5. The lowest BCUT2D eigenvalue weighted by Gasteiger charge is -2.47. The van der Waals surface area contributed by atoms with Gasteiger partial charge in [0.15, 0.2) is 5.82 Å². The Balaban J connectivity index is 0.691. The van der Waals surface area contributed by atoms with Gasteiger partial charge in [-0.3, -0.25) is 29.7 Å². The maximum atomic E-state index is 16.0. The molecule has 6 aliphatic rings. The molecule has 10 rings (SSSR count). The zero-order valence-electron chi connectivity index (χ0n) is 35.4. The van der Waals surface area contributed by atoms with Crippen LogP contribution < -0.4 is 19.9 Å². The highest BCUT2D eigenvalue weighted by Gasteiger charge is 2.42. The van der Waals surface area contributed by atoms with E-state index in [1.165, 1.54) is 4.90 Å². The lowest BCUT2D eigenvalue weighted by Crippen LogP contribution is -2.58. The number of halogens is 1. The second-order valence-electron chi connectivity index (χ2n) is 18.7. The number of aromatic amines is 1. The molecule has 0 spiro atoms. The third-order valence-electron chi connectivity index (χ3n) is 14.2. The van der Waals surface area contributed by atoms with Crippen molar-refractivity contribution in [1.29, 1.82) is 0 Å². The van der Waals surface area contributed by atoms with Gasteiger partial charge in [0.25, 0.3) is 5.91 Å². The van der Waals surface area contributed by atoms with E-state index in [-0.39, 0.29) is 49.0 Å². The summed E-state index contributed by atoms with van der Waals surface area (Å²) in [4.78, 5) is 55.2. The normalized spacial score (nSPS) is 27.1. The molecule has 15 heteroatoms. The quantitative estimate of drug-likeness (QED) is 0.182. The van der Waals surface area contributed by atoms with Gasteiger partial charge >= 0.3 is 0 Å². The first-order valence-corrected chi connectivity index (χ1v) is 22.4. The highest BCUT2D eigenvalue weighted by atomic mass is 19.1. The fraction of sp³-hybridized carbons (Fsp3) is 0.565. The van der Waals surface area contributed by atoms with Crippen molar-refractivity contribution in [3.8, 4) is 17.1 Å². The summed E-state index contributed by atoms with van der Waals surface area (Å²) in [5.74, 6) is 0.822. The average Bonchev–Trinajstić information content (AvgIpc) is 3.67. The van der Waals surface area contributed by atoms with Crippen molar-refractivity contribution in [1.82, 2.24) is 35.3 Å². The van der Waals surface area contributed by atoms with Crippen molar-refractivity contribution in [2.75, 3.05) is 42.5 Å². The minimum Gasteiger partial charge on any atom is -0.488 e. The molecule has 14 nitrogen and oxygen atoms in total. The van der Waals surface area contributed by atoms with Crippen LogP contribution >= 0.6 is 0 Å². The number of rotatable bonds is 10. The van der Waals surface area contributed by atoms with Crippen LogP contribution in [0.25, 0.3) is 22.3 Å². The summed E-state index contributed by atoms with van der Waals surface area (Å²) in [5, 5.41) is 11.1. The lowest BCUT2D eigenvalue weighted by molar-refractivity contribution is -0.136. The maximum absolute atomic E-state index is 16.0. The molecule has 2 aliphatic carbocycles. The number of carbonyl (C=O) groups is 3. The first-order chi connectivity index (χ1) is 29.5. The molecular weight excluding hydrogens is 778 g/mol. The number of benzene rings is 2. The summed E-state index contributed by atoms with van der Waals surface area (Å²) in [7, 11) is 0. The van der Waals surface area contributed by atoms with Gasteiger partial charge in [0, 0.05) is 73.8 Å². The van der Waals surface area contributed by atoms with Gasteiger partial charge in [-0.1, -0.05) is 0 Å². The Kier molecular flexibility index (Phi) is 10.4. The molecule has 5 fully saturated rings. The molecule has 3 atom stereocenters. The molecule has 4 aliphatic heterocycles. The largest absolute Gasteiger partial charge is 0.488 e. The monoisotopic (exact) mass is 833 g/mol. The Labute approximate surface area is 355 Å². The Morgan fingerprint density at radius 3 is 2.38 bits per heavy atom. The van der Waals surface area contributed by atoms with Gasteiger partial charge in [0.1, 0.15) is 35.2 Å². The predicted molar refractivity (Wildman–Crippen MR) is 228 cm³/mol. The topological polar surface area (TPSA) is 149 Å². The second-order valence-corrected chi connectivity index (χ2v) is 18.7. The summed E-state index contributed by atoms with van der Waals surface area (Å²) in [5.41, 5.74) is 3.62. The summed E-state index contributed by atoms with van der Waals surface area (Å²) < 4.78 is 28.9. The predicted octanol–water partition coefficient (Wildman–Crippen LogP) is 5.99. The first-order valence-electron chi connectivity index (χ1n) is 22.4. The summed E-state index contributed by atoms with van der Waals surface area (Å²) in [6.45, 7) is 11.1. The van der Waals surface area contributed by atoms with Crippen LogP contribution in [0.3, 0.4) is 0 Å². The summed E-state index contributed by atoms with van der Waals surface area (Å²) in [6.07, 6.45) is 10.7. The number of ether oxygens (including phenoxy) is 2. The Morgan fingerprint density at radius 2 is 1.64 bits per heavy atom. The van der Waals surface area contributed by atoms with Gasteiger partial charge in [-0.05, 0) is 115 Å². The van der Waals surface area contributed by atoms with Crippen molar-refractivity contribution in [2.45, 2.75) is 127 Å². The summed E-state index contributed by atoms with van der Waals surface area (Å²) >= 11 is 0. The minimum absolute atomic E-state index is 0.0305. The van der Waals surface area contributed by atoms with Crippen LogP contribution in [0.5, 0.6) is 5.75 Å². The molecule has 2 aromatic heterocycles. The average molecular weight is 834 g/mol. The third-order valence-corrected chi connectivity index (χ3v) is 14.2. The van der Waals surface area contributed by atoms with Crippen LogP contribution in [0.4, 0.5) is 15.9 Å². The molecule has 2 aromatic carbocycles. The molecule has 1 unspecified atom stereocenters. The van der Waals surface area contributed by atoms with E-state index in [0.717, 1.165) is 105 Å². The van der Waals surface area contributed by atoms with Crippen molar-refractivity contribution < 1.29 is 28.2 Å². The number of anilines is 2. The van der Waals surface area contributed by atoms with Gasteiger partial charge in [0.05, 0.1) is 35.7 Å². The van der Waals surface area contributed by atoms with Crippen molar-refractivity contribution in [3.63, 3.8) is 0 Å². The second kappa shape index (κ2) is 16.0. The zero-order valence-corrected chi connectivity index (χ0v) is 35.4. The number of imide groups is 1. The van der Waals surface area contributed by atoms with E-state index in [2.05, 4.69) is 68.1 Å². The molecule has 6 heterocycles. The van der Waals surface area contributed by atoms with Crippen molar-refractivity contribution in [2.24, 2.45) is 5.92 Å². The molecule has 3 saturated heterocycles. The number of aromatic nitrogens is 4. The van der Waals surface area contributed by atoms with Crippen LogP contribution in [-0.4, -0.2) is 116 Å². The highest BCUT2D eigenvalue weighted by Crippen LogP contribution is 2.41. The van der Waals surface area contributed by atoms with Crippen LogP contribution in [-0.2, 0) is 20.9 Å². The molecule has 322 valence electrons. The Hall–Kier alpha value is -5.15. The third kappa shape index (κ3) is 7.95. The smallest absolute Gasteiger partial charge is 0.255 e.